The van der Waals surface area contributed by atoms with Gasteiger partial charge in [0.2, 0.25) is 0 Å². The smallest absolute Gasteiger partial charge is 0.145 e. The number of hydrogen-bond donors (Lipinski definition) is 0. The highest BCUT2D eigenvalue weighted by molar-refractivity contribution is 7.99. The zero-order chi connectivity index (χ0) is 40.1. The Morgan fingerprint density at radius 2 is 0.951 bits per heavy atom. The highest BCUT2D eigenvalue weighted by Gasteiger charge is 2.50. The van der Waals surface area contributed by atoms with Crippen molar-refractivity contribution < 1.29 is 0 Å². The molecule has 0 atom stereocenters. The van der Waals surface area contributed by atoms with Crippen LogP contribution in [0, 0.1) is 0 Å². The Kier molecular flexibility index (Phi) is 7.45. The molecule has 0 saturated carbocycles. The molecule has 0 saturated heterocycles. The van der Waals surface area contributed by atoms with Gasteiger partial charge in [-0.3, -0.25) is 4.57 Å². The number of rotatable bonds is 4. The van der Waals surface area contributed by atoms with Crippen LogP contribution in [0.4, 0.5) is 0 Å². The predicted molar refractivity (Wildman–Crippen MR) is 252 cm³/mol. The van der Waals surface area contributed by atoms with Crippen molar-refractivity contribution in [3.05, 3.63) is 235 Å². The van der Waals surface area contributed by atoms with Gasteiger partial charge >= 0.3 is 0 Å². The molecule has 11 aromatic rings. The lowest BCUT2D eigenvalue weighted by molar-refractivity contribution is 0.724. The van der Waals surface area contributed by atoms with Gasteiger partial charge in [-0.1, -0.05) is 176 Å². The van der Waals surface area contributed by atoms with E-state index in [4.69, 9.17) is 9.97 Å². The quantitative estimate of drug-likeness (QED) is 0.166. The Balaban J connectivity index is 0.942. The Bertz CT molecular complexity index is 3500. The van der Waals surface area contributed by atoms with Gasteiger partial charge in [0.15, 0.2) is 0 Å². The van der Waals surface area contributed by atoms with E-state index in [9.17, 15) is 0 Å². The first kappa shape index (κ1) is 34.3. The van der Waals surface area contributed by atoms with Crippen LogP contribution in [0.15, 0.2) is 222 Å². The number of para-hydroxylation sites is 4. The maximum Gasteiger partial charge on any atom is 0.145 e. The number of fused-ring (bicyclic) bond motifs is 13. The molecule has 9 aromatic carbocycles. The van der Waals surface area contributed by atoms with E-state index >= 15 is 0 Å². The summed E-state index contributed by atoms with van der Waals surface area (Å²) in [6.45, 7) is 0. The predicted octanol–water partition coefficient (Wildman–Crippen LogP) is 14.6. The molecule has 1 spiro atoms. The molecule has 3 nitrogen and oxygen atoms in total. The fourth-order valence-corrected chi connectivity index (χ4v) is 11.4. The van der Waals surface area contributed by atoms with Crippen molar-refractivity contribution in [2.75, 3.05) is 0 Å². The summed E-state index contributed by atoms with van der Waals surface area (Å²) in [6.07, 6.45) is 0. The van der Waals surface area contributed by atoms with E-state index in [0.717, 1.165) is 61.4 Å². The Labute approximate surface area is 357 Å². The van der Waals surface area contributed by atoms with Gasteiger partial charge in [-0.2, -0.15) is 0 Å². The highest BCUT2D eigenvalue weighted by Crippen LogP contribution is 2.62. The van der Waals surface area contributed by atoms with Crippen molar-refractivity contribution in [2.45, 2.75) is 15.2 Å². The van der Waals surface area contributed by atoms with Crippen LogP contribution in [-0.2, 0) is 5.41 Å². The van der Waals surface area contributed by atoms with Crippen molar-refractivity contribution in [3.8, 4) is 50.6 Å². The molecule has 3 heterocycles. The summed E-state index contributed by atoms with van der Waals surface area (Å²) < 4.78 is 2.25. The molecule has 0 bridgehead atoms. The van der Waals surface area contributed by atoms with Crippen LogP contribution in [0.5, 0.6) is 0 Å². The first-order chi connectivity index (χ1) is 30.2. The van der Waals surface area contributed by atoms with Crippen molar-refractivity contribution in [2.24, 2.45) is 0 Å². The summed E-state index contributed by atoms with van der Waals surface area (Å²) in [4.78, 5) is 13.1. The van der Waals surface area contributed by atoms with Crippen LogP contribution >= 0.6 is 11.8 Å². The molecular weight excluding hydrogens is 759 g/mol. The van der Waals surface area contributed by atoms with Gasteiger partial charge in [-0.15, -0.1) is 0 Å². The van der Waals surface area contributed by atoms with Crippen LogP contribution in [0.3, 0.4) is 0 Å². The van der Waals surface area contributed by atoms with Crippen molar-refractivity contribution in [1.82, 2.24) is 14.5 Å². The van der Waals surface area contributed by atoms with Crippen LogP contribution in [0.1, 0.15) is 22.3 Å². The number of hydrogen-bond acceptors (Lipinski definition) is 3. The molecule has 13 rings (SSSR count). The second-order valence-corrected chi connectivity index (χ2v) is 17.1. The third-order valence-corrected chi connectivity index (χ3v) is 14.0. The fraction of sp³-hybridized carbons (Fsp3) is 0.0175. The van der Waals surface area contributed by atoms with E-state index in [1.807, 2.05) is 17.8 Å². The molecule has 4 heteroatoms. The monoisotopic (exact) mass is 793 g/mol. The normalized spacial score (nSPS) is 13.3. The summed E-state index contributed by atoms with van der Waals surface area (Å²) in [5.74, 6) is 0.930. The van der Waals surface area contributed by atoms with E-state index in [1.54, 1.807) is 0 Å². The average Bonchev–Trinajstić information content (AvgIpc) is 3.86. The van der Waals surface area contributed by atoms with Crippen LogP contribution in [0.25, 0.3) is 83.3 Å². The molecule has 1 aliphatic heterocycles. The number of benzene rings is 9. The molecule has 0 unspecified atom stereocenters. The zero-order valence-electron chi connectivity index (χ0n) is 33.0. The molecular formula is C57H35N3S. The molecule has 0 N–H and O–H groups in total. The van der Waals surface area contributed by atoms with Gasteiger partial charge in [-0.25, -0.2) is 9.97 Å². The van der Waals surface area contributed by atoms with E-state index in [1.165, 1.54) is 53.9 Å². The molecule has 61 heavy (non-hydrogen) atoms. The summed E-state index contributed by atoms with van der Waals surface area (Å²) in [6, 6.07) is 77.2. The Hall–Kier alpha value is -7.53. The Morgan fingerprint density at radius 1 is 0.377 bits per heavy atom. The zero-order valence-corrected chi connectivity index (χ0v) is 33.8. The Morgan fingerprint density at radius 3 is 1.69 bits per heavy atom. The minimum atomic E-state index is -0.436. The standard InChI is InChI=1S/C57H35N3S/c1-2-14-40(15-3-1)60-52-24-12-11-23-51(52)59-56(60)39-32-28-37(29-33-39)36-26-30-38(31-27-36)55-45-35-54-49(34-44(45)43-18-6-10-22-50(43)58-55)57(48-21-9-13-25-53(48)61-54)46-19-7-4-16-41(46)42-17-5-8-20-47(42)57/h1-35H. The second-order valence-electron chi connectivity index (χ2n) is 16.1. The average molecular weight is 794 g/mol. The minimum absolute atomic E-state index is 0.436. The van der Waals surface area contributed by atoms with Crippen LogP contribution < -0.4 is 0 Å². The third kappa shape index (κ3) is 5.00. The largest absolute Gasteiger partial charge is 0.292 e. The summed E-state index contributed by atoms with van der Waals surface area (Å²) in [5.41, 5.74) is 17.2. The van der Waals surface area contributed by atoms with E-state index in [0.29, 0.717) is 0 Å². The van der Waals surface area contributed by atoms with Gasteiger partial charge in [-0.05, 0) is 98.4 Å². The molecule has 0 fully saturated rings. The van der Waals surface area contributed by atoms with Crippen LogP contribution in [0.2, 0.25) is 0 Å². The fourth-order valence-electron chi connectivity index (χ4n) is 10.2. The maximum absolute atomic E-state index is 5.41. The van der Waals surface area contributed by atoms with Crippen molar-refractivity contribution in [3.63, 3.8) is 0 Å². The summed E-state index contributed by atoms with van der Waals surface area (Å²) in [5, 5.41) is 3.55. The summed E-state index contributed by atoms with van der Waals surface area (Å²) >= 11 is 1.88. The van der Waals surface area contributed by atoms with Gasteiger partial charge in [0, 0.05) is 37.4 Å². The SMILES string of the molecule is c1ccc(-n2c(-c3ccc(-c4ccc(-c5nc6ccccc6c6cc7c(cc56)Sc5ccccc5C75c6ccccc6-c6ccccc65)cc4)cc3)nc3ccccc32)cc1. The molecule has 2 aliphatic rings. The maximum atomic E-state index is 5.41. The molecule has 0 amide bonds. The van der Waals surface area contributed by atoms with E-state index < -0.39 is 5.41 Å². The number of aromatic nitrogens is 3. The topological polar surface area (TPSA) is 30.7 Å². The molecule has 2 aromatic heterocycles. The van der Waals surface area contributed by atoms with Crippen LogP contribution in [-0.4, -0.2) is 14.5 Å². The minimum Gasteiger partial charge on any atom is -0.292 e. The molecule has 1 aliphatic carbocycles. The number of imidazole rings is 1. The molecule has 0 radical (unpaired) electrons. The van der Waals surface area contributed by atoms with E-state index in [2.05, 4.69) is 211 Å². The lowest BCUT2D eigenvalue weighted by Crippen LogP contribution is -2.32. The third-order valence-electron chi connectivity index (χ3n) is 12.9. The number of nitrogens with zero attached hydrogens (tertiary/aromatic N) is 3. The van der Waals surface area contributed by atoms with Crippen molar-refractivity contribution in [1.29, 1.82) is 0 Å². The molecule has 284 valence electrons. The van der Waals surface area contributed by atoms with Gasteiger partial charge in [0.1, 0.15) is 5.82 Å². The summed E-state index contributed by atoms with van der Waals surface area (Å²) in [7, 11) is 0. The van der Waals surface area contributed by atoms with E-state index in [-0.39, 0.29) is 0 Å². The lowest BCUT2D eigenvalue weighted by atomic mass is 9.67. The first-order valence-electron chi connectivity index (χ1n) is 20.8. The highest BCUT2D eigenvalue weighted by atomic mass is 32.2. The van der Waals surface area contributed by atoms with Gasteiger partial charge in [0.05, 0.1) is 27.7 Å². The van der Waals surface area contributed by atoms with Gasteiger partial charge < -0.3 is 0 Å². The number of pyridine rings is 1. The first-order valence-corrected chi connectivity index (χ1v) is 21.6. The van der Waals surface area contributed by atoms with Gasteiger partial charge in [0.25, 0.3) is 0 Å². The second kappa shape index (κ2) is 13.2. The lowest BCUT2D eigenvalue weighted by Gasteiger charge is -2.40. The van der Waals surface area contributed by atoms with Crippen molar-refractivity contribution >= 4 is 44.5 Å².